The normalized spacial score (nSPS) is 32.8. The third-order valence-electron chi connectivity index (χ3n) is 7.51. The summed E-state index contributed by atoms with van der Waals surface area (Å²) in [6, 6.07) is 0. The average Bonchev–Trinajstić information content (AvgIpc) is 2.94. The highest BCUT2D eigenvalue weighted by Gasteiger charge is 2.27. The van der Waals surface area contributed by atoms with Crippen molar-refractivity contribution in [1.29, 1.82) is 0 Å². The molecule has 0 aromatic heterocycles. The van der Waals surface area contributed by atoms with E-state index in [4.69, 9.17) is 42.6 Å². The summed E-state index contributed by atoms with van der Waals surface area (Å²) in [6.07, 6.45) is 12.3. The van der Waals surface area contributed by atoms with Crippen molar-refractivity contribution < 1.29 is 42.6 Å². The Balaban J connectivity index is 1.31. The monoisotopic (exact) mass is 546 g/mol. The van der Waals surface area contributed by atoms with Gasteiger partial charge < -0.3 is 42.6 Å². The van der Waals surface area contributed by atoms with Crippen molar-refractivity contribution in [3.63, 3.8) is 0 Å². The molecule has 2 saturated carbocycles. The van der Waals surface area contributed by atoms with E-state index in [1.807, 2.05) is 0 Å². The van der Waals surface area contributed by atoms with Crippen LogP contribution >= 0.6 is 0 Å². The molecule has 1 heterocycles. The first kappa shape index (κ1) is 32.2. The zero-order valence-corrected chi connectivity index (χ0v) is 23.7. The van der Waals surface area contributed by atoms with Gasteiger partial charge in [-0.1, -0.05) is 25.7 Å². The van der Waals surface area contributed by atoms with E-state index >= 15 is 0 Å². The van der Waals surface area contributed by atoms with Crippen molar-refractivity contribution in [1.82, 2.24) is 0 Å². The topological polar surface area (TPSA) is 83.1 Å². The van der Waals surface area contributed by atoms with Crippen molar-refractivity contribution in [2.45, 2.75) is 82.5 Å². The van der Waals surface area contributed by atoms with Gasteiger partial charge in [0.2, 0.25) is 0 Å². The standard InChI is InChI=1S/C29H54O9/c1-2-8-27-26(6-1)7-5-11-30-12-13-31-14-18-34-21-24-37-28-9-3-4-10-29(28)38-25-22-35-19-16-32-15-17-33-20-23-36-27/h26-29H,1-25H2. The molecular formula is C29H54O9. The van der Waals surface area contributed by atoms with Crippen molar-refractivity contribution in [2.75, 3.05) is 99.1 Å². The van der Waals surface area contributed by atoms with Crippen molar-refractivity contribution in [2.24, 2.45) is 5.92 Å². The van der Waals surface area contributed by atoms with Gasteiger partial charge in [-0.3, -0.25) is 0 Å². The first-order valence-corrected chi connectivity index (χ1v) is 15.2. The molecule has 0 aromatic carbocycles. The molecule has 1 aliphatic heterocycles. The van der Waals surface area contributed by atoms with Gasteiger partial charge in [-0.25, -0.2) is 0 Å². The molecule has 0 aromatic rings. The highest BCUT2D eigenvalue weighted by Crippen LogP contribution is 2.30. The highest BCUT2D eigenvalue weighted by atomic mass is 16.6. The lowest BCUT2D eigenvalue weighted by Gasteiger charge is -2.31. The minimum absolute atomic E-state index is 0.136. The minimum Gasteiger partial charge on any atom is -0.379 e. The second-order valence-corrected chi connectivity index (χ2v) is 10.4. The quantitative estimate of drug-likeness (QED) is 0.451. The molecule has 0 N–H and O–H groups in total. The summed E-state index contributed by atoms with van der Waals surface area (Å²) in [7, 11) is 0. The summed E-state index contributed by atoms with van der Waals surface area (Å²) in [5.41, 5.74) is 0. The molecule has 0 amide bonds. The molecule has 4 unspecified atom stereocenters. The minimum atomic E-state index is 0.136. The molecule has 38 heavy (non-hydrogen) atoms. The van der Waals surface area contributed by atoms with E-state index in [1.54, 1.807) is 0 Å². The van der Waals surface area contributed by atoms with Crippen molar-refractivity contribution in [3.05, 3.63) is 0 Å². The molecule has 3 aliphatic rings. The van der Waals surface area contributed by atoms with E-state index in [2.05, 4.69) is 0 Å². The van der Waals surface area contributed by atoms with Crippen LogP contribution in [0.3, 0.4) is 0 Å². The second-order valence-electron chi connectivity index (χ2n) is 10.4. The van der Waals surface area contributed by atoms with Crippen LogP contribution in [0.4, 0.5) is 0 Å². The van der Waals surface area contributed by atoms with Crippen molar-refractivity contribution >= 4 is 0 Å². The first-order chi connectivity index (χ1) is 18.9. The Kier molecular flexibility index (Phi) is 18.9. The van der Waals surface area contributed by atoms with E-state index in [0.717, 1.165) is 38.7 Å². The predicted molar refractivity (Wildman–Crippen MR) is 144 cm³/mol. The summed E-state index contributed by atoms with van der Waals surface area (Å²) in [5.74, 6) is 0.628. The van der Waals surface area contributed by atoms with Crippen LogP contribution in [0.5, 0.6) is 0 Å². The van der Waals surface area contributed by atoms with Crippen LogP contribution in [-0.4, -0.2) is 117 Å². The van der Waals surface area contributed by atoms with E-state index < -0.39 is 0 Å². The lowest BCUT2D eigenvalue weighted by Crippen LogP contribution is -2.36. The fourth-order valence-electron chi connectivity index (χ4n) is 5.47. The SMILES string of the molecule is C1CCC2OCCOCCOCCOCCOC3CCCCC3OCCOCCOCCOCCCC2C1. The van der Waals surface area contributed by atoms with Gasteiger partial charge in [-0.2, -0.15) is 0 Å². The summed E-state index contributed by atoms with van der Waals surface area (Å²) < 4.78 is 52.4. The molecule has 1 saturated heterocycles. The molecule has 2 aliphatic carbocycles. The molecule has 9 heteroatoms. The fourth-order valence-corrected chi connectivity index (χ4v) is 5.47. The van der Waals surface area contributed by atoms with E-state index in [9.17, 15) is 0 Å². The van der Waals surface area contributed by atoms with E-state index in [-0.39, 0.29) is 12.2 Å². The summed E-state index contributed by atoms with van der Waals surface area (Å²) in [6.45, 7) is 8.99. The zero-order valence-electron chi connectivity index (χ0n) is 23.7. The Morgan fingerprint density at radius 1 is 0.263 bits per heavy atom. The van der Waals surface area contributed by atoms with Gasteiger partial charge in [0.1, 0.15) is 0 Å². The zero-order chi connectivity index (χ0) is 26.4. The summed E-state index contributed by atoms with van der Waals surface area (Å²) in [4.78, 5) is 0. The first-order valence-electron chi connectivity index (χ1n) is 15.2. The Morgan fingerprint density at radius 3 is 1.05 bits per heavy atom. The van der Waals surface area contributed by atoms with Gasteiger partial charge in [0.15, 0.2) is 0 Å². The molecule has 3 fully saturated rings. The Labute approximate surface area is 230 Å². The van der Waals surface area contributed by atoms with Gasteiger partial charge in [-0.15, -0.1) is 0 Å². The molecule has 0 spiro atoms. The molecule has 9 nitrogen and oxygen atoms in total. The number of hydrogen-bond donors (Lipinski definition) is 0. The third-order valence-corrected chi connectivity index (χ3v) is 7.51. The van der Waals surface area contributed by atoms with Gasteiger partial charge >= 0.3 is 0 Å². The molecule has 224 valence electrons. The Bertz CT molecular complexity index is 448. The van der Waals surface area contributed by atoms with Crippen LogP contribution in [0, 0.1) is 5.92 Å². The van der Waals surface area contributed by atoms with Crippen molar-refractivity contribution in [3.8, 4) is 0 Å². The maximum Gasteiger partial charge on any atom is 0.0837 e. The van der Waals surface area contributed by atoms with Crippen LogP contribution in [0.2, 0.25) is 0 Å². The summed E-state index contributed by atoms with van der Waals surface area (Å²) in [5, 5.41) is 0. The number of rotatable bonds is 0. The molecule has 0 bridgehead atoms. The number of hydrogen-bond acceptors (Lipinski definition) is 9. The predicted octanol–water partition coefficient (Wildman–Crippen LogP) is 3.80. The molecule has 4 atom stereocenters. The Morgan fingerprint density at radius 2 is 0.579 bits per heavy atom. The Hall–Kier alpha value is -0.360. The number of fused-ring (bicyclic) bond motifs is 2. The smallest absolute Gasteiger partial charge is 0.0837 e. The average molecular weight is 547 g/mol. The van der Waals surface area contributed by atoms with Gasteiger partial charge in [0, 0.05) is 6.61 Å². The second kappa shape index (κ2) is 22.3. The lowest BCUT2D eigenvalue weighted by molar-refractivity contribution is -0.112. The van der Waals surface area contributed by atoms with Crippen LogP contribution < -0.4 is 0 Å². The van der Waals surface area contributed by atoms with Gasteiger partial charge in [-0.05, 0) is 44.4 Å². The maximum absolute atomic E-state index is 6.20. The van der Waals surface area contributed by atoms with E-state index in [1.165, 1.54) is 32.1 Å². The highest BCUT2D eigenvalue weighted by molar-refractivity contribution is 4.77. The van der Waals surface area contributed by atoms with Crippen LogP contribution in [0.15, 0.2) is 0 Å². The largest absolute Gasteiger partial charge is 0.379 e. The number of ether oxygens (including phenoxy) is 9. The van der Waals surface area contributed by atoms with E-state index in [0.29, 0.717) is 105 Å². The third kappa shape index (κ3) is 14.9. The van der Waals surface area contributed by atoms with Crippen LogP contribution in [0.1, 0.15) is 64.2 Å². The maximum atomic E-state index is 6.20. The lowest BCUT2D eigenvalue weighted by atomic mass is 9.83. The van der Waals surface area contributed by atoms with Gasteiger partial charge in [0.25, 0.3) is 0 Å². The molecule has 3 rings (SSSR count). The van der Waals surface area contributed by atoms with Crippen LogP contribution in [0.25, 0.3) is 0 Å². The molecular weight excluding hydrogens is 492 g/mol. The molecule has 0 radical (unpaired) electrons. The fraction of sp³-hybridized carbons (Fsp3) is 1.00. The summed E-state index contributed by atoms with van der Waals surface area (Å²) >= 11 is 0. The van der Waals surface area contributed by atoms with Crippen LogP contribution in [-0.2, 0) is 42.6 Å². The van der Waals surface area contributed by atoms with Gasteiger partial charge in [0.05, 0.1) is 111 Å².